The SMILES string of the molecule is Cc1ccc2c(Cl)cc(Cl)c(OCC(=O)OCC(=O)N[C@@H]3CCCc4ccccc43)c2n1. The number of nitrogens with zero attached hydrogens (tertiary/aromatic N) is 1. The molecule has 1 heterocycles. The topological polar surface area (TPSA) is 77.5 Å². The van der Waals surface area contributed by atoms with Crippen LogP contribution in [0.3, 0.4) is 0 Å². The summed E-state index contributed by atoms with van der Waals surface area (Å²) in [6, 6.07) is 13.2. The molecule has 166 valence electrons. The molecule has 1 aliphatic carbocycles. The molecule has 2 aromatic carbocycles. The van der Waals surface area contributed by atoms with E-state index in [0.29, 0.717) is 15.9 Å². The van der Waals surface area contributed by atoms with Crippen molar-refractivity contribution in [2.45, 2.75) is 32.2 Å². The van der Waals surface area contributed by atoms with Gasteiger partial charge in [-0.05, 0) is 55.5 Å². The van der Waals surface area contributed by atoms with Gasteiger partial charge in [-0.25, -0.2) is 9.78 Å². The molecule has 1 N–H and O–H groups in total. The first-order valence-electron chi connectivity index (χ1n) is 10.3. The summed E-state index contributed by atoms with van der Waals surface area (Å²) in [5.41, 5.74) is 3.58. The van der Waals surface area contributed by atoms with Crippen molar-refractivity contribution in [2.75, 3.05) is 13.2 Å². The Kier molecular flexibility index (Phi) is 6.82. The summed E-state index contributed by atoms with van der Waals surface area (Å²) in [4.78, 5) is 28.9. The Morgan fingerprint density at radius 2 is 1.94 bits per heavy atom. The molecule has 0 saturated heterocycles. The lowest BCUT2D eigenvalue weighted by Crippen LogP contribution is -2.34. The second-order valence-electron chi connectivity index (χ2n) is 7.68. The third-order valence-electron chi connectivity index (χ3n) is 5.38. The number of halogens is 2. The normalized spacial score (nSPS) is 15.2. The highest BCUT2D eigenvalue weighted by atomic mass is 35.5. The molecule has 0 aliphatic heterocycles. The van der Waals surface area contributed by atoms with Gasteiger partial charge in [0.1, 0.15) is 5.52 Å². The summed E-state index contributed by atoms with van der Waals surface area (Å²) < 4.78 is 10.7. The van der Waals surface area contributed by atoms with E-state index in [4.69, 9.17) is 32.7 Å². The number of amides is 1. The molecule has 1 aliphatic rings. The first-order chi connectivity index (χ1) is 15.4. The number of fused-ring (bicyclic) bond motifs is 2. The quantitative estimate of drug-likeness (QED) is 0.512. The van der Waals surface area contributed by atoms with Crippen LogP contribution in [0.2, 0.25) is 10.0 Å². The third-order valence-corrected chi connectivity index (χ3v) is 5.97. The zero-order chi connectivity index (χ0) is 22.7. The molecule has 0 bridgehead atoms. The van der Waals surface area contributed by atoms with E-state index in [1.54, 1.807) is 6.07 Å². The lowest BCUT2D eigenvalue weighted by Gasteiger charge is -2.26. The Bertz CT molecular complexity index is 1180. The van der Waals surface area contributed by atoms with Crippen molar-refractivity contribution in [3.8, 4) is 5.75 Å². The van der Waals surface area contributed by atoms with Crippen LogP contribution in [0.15, 0.2) is 42.5 Å². The molecule has 1 amide bonds. The van der Waals surface area contributed by atoms with E-state index in [-0.39, 0.29) is 29.3 Å². The highest BCUT2D eigenvalue weighted by Gasteiger charge is 2.22. The molecule has 1 aromatic heterocycles. The number of esters is 1. The summed E-state index contributed by atoms with van der Waals surface area (Å²) in [6.45, 7) is 1.04. The fraction of sp³-hybridized carbons (Fsp3) is 0.292. The number of carbonyl (C=O) groups excluding carboxylic acids is 2. The van der Waals surface area contributed by atoms with Gasteiger partial charge in [0.25, 0.3) is 5.91 Å². The first kappa shape index (κ1) is 22.4. The molecule has 0 fully saturated rings. The van der Waals surface area contributed by atoms with Crippen LogP contribution in [0, 0.1) is 6.92 Å². The predicted octanol–water partition coefficient (Wildman–Crippen LogP) is 4.97. The smallest absolute Gasteiger partial charge is 0.344 e. The summed E-state index contributed by atoms with van der Waals surface area (Å²) in [7, 11) is 0. The van der Waals surface area contributed by atoms with E-state index in [0.717, 1.165) is 30.5 Å². The minimum absolute atomic E-state index is 0.0732. The van der Waals surface area contributed by atoms with Gasteiger partial charge in [0, 0.05) is 11.1 Å². The monoisotopic (exact) mass is 472 g/mol. The van der Waals surface area contributed by atoms with Crippen molar-refractivity contribution < 1.29 is 19.1 Å². The van der Waals surface area contributed by atoms with Crippen LogP contribution >= 0.6 is 23.2 Å². The van der Waals surface area contributed by atoms with Crippen molar-refractivity contribution in [3.05, 3.63) is 69.3 Å². The first-order valence-corrected chi connectivity index (χ1v) is 11.1. The lowest BCUT2D eigenvalue weighted by molar-refractivity contribution is -0.150. The van der Waals surface area contributed by atoms with Gasteiger partial charge in [-0.2, -0.15) is 0 Å². The molecule has 6 nitrogen and oxygen atoms in total. The minimum Gasteiger partial charge on any atom is -0.478 e. The maximum atomic E-state index is 12.3. The molecule has 0 unspecified atom stereocenters. The van der Waals surface area contributed by atoms with Gasteiger partial charge in [-0.3, -0.25) is 4.79 Å². The third kappa shape index (κ3) is 4.97. The zero-order valence-corrected chi connectivity index (χ0v) is 19.0. The maximum Gasteiger partial charge on any atom is 0.344 e. The Balaban J connectivity index is 1.34. The summed E-state index contributed by atoms with van der Waals surface area (Å²) in [5, 5.41) is 4.29. The van der Waals surface area contributed by atoms with Crippen LogP contribution in [0.4, 0.5) is 0 Å². The summed E-state index contributed by atoms with van der Waals surface area (Å²) in [5.74, 6) is -0.793. The molecule has 0 saturated carbocycles. The van der Waals surface area contributed by atoms with Crippen LogP contribution in [0.25, 0.3) is 10.9 Å². The second-order valence-corrected chi connectivity index (χ2v) is 8.49. The standard InChI is InChI=1S/C24H22Cl2N2O4/c1-14-9-10-17-18(25)11-19(26)24(23(17)27-14)32-13-22(30)31-12-21(29)28-20-8-4-6-15-5-2-3-7-16(15)20/h2-3,5,7,9-11,20H,4,6,8,12-13H2,1H3,(H,28,29)/t20-/m1/s1. The van der Waals surface area contributed by atoms with E-state index in [1.807, 2.05) is 37.3 Å². The number of hydrogen-bond acceptors (Lipinski definition) is 5. The maximum absolute atomic E-state index is 12.3. The Morgan fingerprint density at radius 3 is 2.78 bits per heavy atom. The van der Waals surface area contributed by atoms with Gasteiger partial charge in [-0.15, -0.1) is 0 Å². The van der Waals surface area contributed by atoms with Gasteiger partial charge in [0.05, 0.1) is 16.1 Å². The largest absolute Gasteiger partial charge is 0.478 e. The Morgan fingerprint density at radius 1 is 1.12 bits per heavy atom. The molecule has 0 radical (unpaired) electrons. The van der Waals surface area contributed by atoms with Crippen molar-refractivity contribution >= 4 is 46.0 Å². The minimum atomic E-state index is -0.684. The number of benzene rings is 2. The average Bonchev–Trinajstić information content (AvgIpc) is 2.77. The molecule has 4 rings (SSSR count). The Labute approximate surface area is 195 Å². The van der Waals surface area contributed by atoms with Crippen LogP contribution in [-0.2, 0) is 20.7 Å². The lowest BCUT2D eigenvalue weighted by atomic mass is 9.88. The molecule has 3 aromatic rings. The summed E-state index contributed by atoms with van der Waals surface area (Å²) in [6.07, 6.45) is 2.86. The number of pyridine rings is 1. The van der Waals surface area contributed by atoms with Crippen molar-refractivity contribution in [1.29, 1.82) is 0 Å². The highest BCUT2D eigenvalue weighted by Crippen LogP contribution is 2.37. The Hall–Kier alpha value is -2.83. The van der Waals surface area contributed by atoms with E-state index in [9.17, 15) is 9.59 Å². The van der Waals surface area contributed by atoms with Gasteiger partial charge in [0.15, 0.2) is 19.0 Å². The van der Waals surface area contributed by atoms with Crippen LogP contribution in [0.1, 0.15) is 35.7 Å². The van der Waals surface area contributed by atoms with Crippen LogP contribution in [-0.4, -0.2) is 30.1 Å². The van der Waals surface area contributed by atoms with E-state index < -0.39 is 12.6 Å². The number of ether oxygens (including phenoxy) is 2. The van der Waals surface area contributed by atoms with Crippen LogP contribution < -0.4 is 10.1 Å². The van der Waals surface area contributed by atoms with Crippen LogP contribution in [0.5, 0.6) is 5.75 Å². The predicted molar refractivity (Wildman–Crippen MR) is 123 cm³/mol. The van der Waals surface area contributed by atoms with Gasteiger partial charge >= 0.3 is 5.97 Å². The van der Waals surface area contributed by atoms with E-state index in [2.05, 4.69) is 16.4 Å². The molecular weight excluding hydrogens is 451 g/mol. The number of carbonyl (C=O) groups is 2. The van der Waals surface area contributed by atoms with Crippen molar-refractivity contribution in [1.82, 2.24) is 10.3 Å². The zero-order valence-electron chi connectivity index (χ0n) is 17.5. The highest BCUT2D eigenvalue weighted by molar-refractivity contribution is 6.39. The number of hydrogen-bond donors (Lipinski definition) is 1. The molecule has 1 atom stereocenters. The fourth-order valence-corrected chi connectivity index (χ4v) is 4.46. The van der Waals surface area contributed by atoms with E-state index >= 15 is 0 Å². The summed E-state index contributed by atoms with van der Waals surface area (Å²) >= 11 is 12.5. The van der Waals surface area contributed by atoms with Crippen molar-refractivity contribution in [2.24, 2.45) is 0 Å². The van der Waals surface area contributed by atoms with Gasteiger partial charge < -0.3 is 14.8 Å². The van der Waals surface area contributed by atoms with Gasteiger partial charge in [0.2, 0.25) is 0 Å². The number of nitrogens with one attached hydrogen (secondary N) is 1. The molecule has 0 spiro atoms. The number of rotatable bonds is 6. The average molecular weight is 473 g/mol. The number of aromatic nitrogens is 1. The van der Waals surface area contributed by atoms with Gasteiger partial charge in [-0.1, -0.05) is 47.5 Å². The second kappa shape index (κ2) is 9.76. The van der Waals surface area contributed by atoms with Crippen molar-refractivity contribution in [3.63, 3.8) is 0 Å². The van der Waals surface area contributed by atoms with E-state index in [1.165, 1.54) is 5.56 Å². The molecule has 32 heavy (non-hydrogen) atoms. The number of aryl methyl sites for hydroxylation is 2. The molecule has 8 heteroatoms. The fourth-order valence-electron chi connectivity index (χ4n) is 3.89. The molecular formula is C24H22Cl2N2O4.